The van der Waals surface area contributed by atoms with Crippen molar-refractivity contribution >= 4 is 13.1 Å². The predicted molar refractivity (Wildman–Crippen MR) is 97.7 cm³/mol. The van der Waals surface area contributed by atoms with Crippen LogP contribution >= 0.6 is 0 Å². The number of phenols is 1. The SMILES string of the molecule is CCOC(=O)CC(B1OC(C)(C)C(C)(C)O1)c1cc(C)c(O)c(C)c1. The zero-order valence-corrected chi connectivity index (χ0v) is 16.3. The van der Waals surface area contributed by atoms with E-state index in [1.165, 1.54) is 0 Å². The highest BCUT2D eigenvalue weighted by molar-refractivity contribution is 6.48. The van der Waals surface area contributed by atoms with Crippen molar-refractivity contribution in [2.75, 3.05) is 6.61 Å². The van der Waals surface area contributed by atoms with Gasteiger partial charge in [-0.1, -0.05) is 12.1 Å². The Balaban J connectivity index is 2.39. The molecule has 0 amide bonds. The summed E-state index contributed by atoms with van der Waals surface area (Å²) in [5.41, 5.74) is 1.47. The summed E-state index contributed by atoms with van der Waals surface area (Å²) < 4.78 is 17.5. The highest BCUT2D eigenvalue weighted by Crippen LogP contribution is 2.42. The summed E-state index contributed by atoms with van der Waals surface area (Å²) in [6.07, 6.45) is 0.161. The second kappa shape index (κ2) is 7.00. The van der Waals surface area contributed by atoms with Crippen molar-refractivity contribution in [3.8, 4) is 5.75 Å². The van der Waals surface area contributed by atoms with Crippen LogP contribution in [0.5, 0.6) is 5.75 Å². The fourth-order valence-electron chi connectivity index (χ4n) is 3.03. The first kappa shape index (κ1) is 19.8. The molecule has 1 atom stereocenters. The van der Waals surface area contributed by atoms with Crippen LogP contribution in [0.3, 0.4) is 0 Å². The summed E-state index contributed by atoms with van der Waals surface area (Å²) in [5, 5.41) is 10.1. The minimum absolute atomic E-state index is 0.161. The third kappa shape index (κ3) is 4.01. The molecule has 1 heterocycles. The van der Waals surface area contributed by atoms with Gasteiger partial charge in [0.15, 0.2) is 0 Å². The lowest BCUT2D eigenvalue weighted by Gasteiger charge is -2.32. The first-order valence-corrected chi connectivity index (χ1v) is 8.80. The summed E-state index contributed by atoms with van der Waals surface area (Å²) in [5.74, 6) is -0.323. The van der Waals surface area contributed by atoms with Gasteiger partial charge in [0.1, 0.15) is 5.75 Å². The smallest absolute Gasteiger partial charge is 0.466 e. The van der Waals surface area contributed by atoms with Gasteiger partial charge in [-0.2, -0.15) is 0 Å². The van der Waals surface area contributed by atoms with E-state index in [4.69, 9.17) is 14.0 Å². The highest BCUT2D eigenvalue weighted by atomic mass is 16.7. The minimum atomic E-state index is -0.558. The lowest BCUT2D eigenvalue weighted by Crippen LogP contribution is -2.41. The fraction of sp³-hybridized carbons (Fsp3) is 0.632. The van der Waals surface area contributed by atoms with Gasteiger partial charge in [-0.15, -0.1) is 0 Å². The Morgan fingerprint density at radius 2 is 1.64 bits per heavy atom. The lowest BCUT2D eigenvalue weighted by atomic mass is 9.65. The van der Waals surface area contributed by atoms with Gasteiger partial charge in [-0.05, 0) is 65.2 Å². The normalized spacial score (nSPS) is 19.7. The second-order valence-corrected chi connectivity index (χ2v) is 7.74. The number of aromatic hydroxyl groups is 1. The van der Waals surface area contributed by atoms with Crippen molar-refractivity contribution in [2.45, 2.75) is 71.9 Å². The number of ether oxygens (including phenoxy) is 1. The molecule has 25 heavy (non-hydrogen) atoms. The molecule has 0 spiro atoms. The molecule has 0 aromatic heterocycles. The van der Waals surface area contributed by atoms with Gasteiger partial charge in [0.05, 0.1) is 24.2 Å². The van der Waals surface area contributed by atoms with E-state index in [1.807, 2.05) is 53.7 Å². The molecule has 1 aromatic rings. The standard InChI is InChI=1S/C19H29BO5/c1-8-23-16(21)11-15(14-9-12(2)17(22)13(3)10-14)20-24-18(4,5)19(6,7)25-20/h9-10,15,22H,8,11H2,1-7H3. The number of aryl methyl sites for hydroxylation is 2. The first-order chi connectivity index (χ1) is 11.5. The predicted octanol–water partition coefficient (Wildman–Crippen LogP) is 3.68. The maximum Gasteiger partial charge on any atom is 0.466 e. The van der Waals surface area contributed by atoms with Crippen LogP contribution in [-0.4, -0.2) is 36.0 Å². The van der Waals surface area contributed by atoms with Crippen LogP contribution in [0.4, 0.5) is 0 Å². The molecule has 1 aliphatic rings. The molecule has 0 aliphatic carbocycles. The lowest BCUT2D eigenvalue weighted by molar-refractivity contribution is -0.143. The summed E-state index contributed by atoms with van der Waals surface area (Å²) >= 11 is 0. The Bertz CT molecular complexity index is 614. The van der Waals surface area contributed by atoms with Crippen molar-refractivity contribution < 1.29 is 23.9 Å². The van der Waals surface area contributed by atoms with E-state index in [0.717, 1.165) is 16.7 Å². The summed E-state index contributed by atoms with van der Waals surface area (Å²) in [6.45, 7) is 13.8. The molecule has 5 nitrogen and oxygen atoms in total. The Labute approximate surface area is 150 Å². The topological polar surface area (TPSA) is 65.0 Å². The summed E-state index contributed by atoms with van der Waals surface area (Å²) in [7, 11) is -0.558. The molecule has 1 saturated heterocycles. The van der Waals surface area contributed by atoms with E-state index in [0.29, 0.717) is 6.61 Å². The Kier molecular flexibility index (Phi) is 5.54. The molecule has 0 saturated carbocycles. The van der Waals surface area contributed by atoms with Crippen LogP contribution < -0.4 is 0 Å². The van der Waals surface area contributed by atoms with E-state index < -0.39 is 18.3 Å². The van der Waals surface area contributed by atoms with E-state index in [2.05, 4.69) is 0 Å². The van der Waals surface area contributed by atoms with Gasteiger partial charge < -0.3 is 19.2 Å². The van der Waals surface area contributed by atoms with Gasteiger partial charge in [-0.3, -0.25) is 4.79 Å². The van der Waals surface area contributed by atoms with Crippen LogP contribution in [0.15, 0.2) is 12.1 Å². The van der Waals surface area contributed by atoms with Crippen molar-refractivity contribution in [3.63, 3.8) is 0 Å². The molecule has 1 unspecified atom stereocenters. The first-order valence-electron chi connectivity index (χ1n) is 8.80. The van der Waals surface area contributed by atoms with E-state index in [1.54, 1.807) is 6.92 Å². The molecule has 0 radical (unpaired) electrons. The van der Waals surface area contributed by atoms with Crippen LogP contribution in [0.25, 0.3) is 0 Å². The van der Waals surface area contributed by atoms with E-state index >= 15 is 0 Å². The number of rotatable bonds is 5. The maximum atomic E-state index is 12.2. The van der Waals surface area contributed by atoms with Gasteiger partial charge in [0.25, 0.3) is 0 Å². The maximum absolute atomic E-state index is 12.2. The van der Waals surface area contributed by atoms with Gasteiger partial charge in [0.2, 0.25) is 0 Å². The molecule has 1 aliphatic heterocycles. The number of carbonyl (C=O) groups excluding carboxylic acids is 1. The van der Waals surface area contributed by atoms with Crippen LogP contribution in [0, 0.1) is 13.8 Å². The molecule has 1 N–H and O–H groups in total. The molecule has 138 valence electrons. The number of carbonyl (C=O) groups is 1. The molecule has 6 heteroatoms. The van der Waals surface area contributed by atoms with Crippen molar-refractivity contribution in [1.29, 1.82) is 0 Å². The minimum Gasteiger partial charge on any atom is -0.507 e. The summed E-state index contributed by atoms with van der Waals surface area (Å²) in [4.78, 5) is 12.2. The Morgan fingerprint density at radius 1 is 1.16 bits per heavy atom. The molecule has 1 fully saturated rings. The highest BCUT2D eigenvalue weighted by Gasteiger charge is 2.54. The number of esters is 1. The number of hydrogen-bond donors (Lipinski definition) is 1. The Morgan fingerprint density at radius 3 is 2.08 bits per heavy atom. The van der Waals surface area contributed by atoms with Crippen LogP contribution in [-0.2, 0) is 18.8 Å². The quantitative estimate of drug-likeness (QED) is 0.650. The second-order valence-electron chi connectivity index (χ2n) is 7.74. The number of phenolic OH excluding ortho intramolecular Hbond substituents is 1. The molecular weight excluding hydrogens is 319 g/mol. The third-order valence-corrected chi connectivity index (χ3v) is 5.23. The van der Waals surface area contributed by atoms with Crippen LogP contribution in [0.1, 0.15) is 63.5 Å². The van der Waals surface area contributed by atoms with Crippen molar-refractivity contribution in [2.24, 2.45) is 0 Å². The Hall–Kier alpha value is -1.53. The van der Waals surface area contributed by atoms with E-state index in [-0.39, 0.29) is 24.0 Å². The van der Waals surface area contributed by atoms with Crippen molar-refractivity contribution in [1.82, 2.24) is 0 Å². The molecule has 0 bridgehead atoms. The molecule has 1 aromatic carbocycles. The molecule has 2 rings (SSSR count). The van der Waals surface area contributed by atoms with Gasteiger partial charge in [0, 0.05) is 5.82 Å². The van der Waals surface area contributed by atoms with E-state index in [9.17, 15) is 9.90 Å². The van der Waals surface area contributed by atoms with Crippen LogP contribution in [0.2, 0.25) is 0 Å². The monoisotopic (exact) mass is 348 g/mol. The third-order valence-electron chi connectivity index (χ3n) is 5.23. The zero-order valence-electron chi connectivity index (χ0n) is 16.3. The van der Waals surface area contributed by atoms with Gasteiger partial charge in [-0.25, -0.2) is 0 Å². The fourth-order valence-corrected chi connectivity index (χ4v) is 3.03. The number of benzene rings is 1. The molecular formula is C19H29BO5. The zero-order chi connectivity index (χ0) is 19.0. The average molecular weight is 348 g/mol. The van der Waals surface area contributed by atoms with Gasteiger partial charge >= 0.3 is 13.1 Å². The largest absolute Gasteiger partial charge is 0.507 e. The average Bonchev–Trinajstić information content (AvgIpc) is 2.70. The summed E-state index contributed by atoms with van der Waals surface area (Å²) in [6, 6.07) is 3.77. The van der Waals surface area contributed by atoms with Crippen molar-refractivity contribution in [3.05, 3.63) is 28.8 Å². The number of hydrogen-bond acceptors (Lipinski definition) is 5.